The van der Waals surface area contributed by atoms with Gasteiger partial charge in [0.1, 0.15) is 18.1 Å². The van der Waals surface area contributed by atoms with Gasteiger partial charge in [-0.3, -0.25) is 4.79 Å². The number of hydrogen-bond acceptors (Lipinski definition) is 5. The molecule has 2 rings (SSSR count). The third-order valence-corrected chi connectivity index (χ3v) is 10.8. The molecule has 0 fully saturated rings. The lowest BCUT2D eigenvalue weighted by molar-refractivity contribution is -0.104. The average molecular weight is 473 g/mol. The fourth-order valence-electron chi connectivity index (χ4n) is 3.19. The summed E-state index contributed by atoms with van der Waals surface area (Å²) in [6.07, 6.45) is 10.4. The Morgan fingerprint density at radius 2 is 1.85 bits per heavy atom. The summed E-state index contributed by atoms with van der Waals surface area (Å²) in [6, 6.07) is 7.77. The number of aldehydes is 1. The number of rotatable bonds is 11. The van der Waals surface area contributed by atoms with Crippen LogP contribution in [0.5, 0.6) is 5.75 Å². The summed E-state index contributed by atoms with van der Waals surface area (Å²) >= 11 is 0. The molecule has 0 N–H and O–H groups in total. The number of carbonyl (C=O) groups excluding carboxylic acids is 1. The summed E-state index contributed by atoms with van der Waals surface area (Å²) in [5.41, 5.74) is 2.35. The third-order valence-electron chi connectivity index (χ3n) is 6.32. The lowest BCUT2D eigenvalue weighted by Gasteiger charge is -2.40. The van der Waals surface area contributed by atoms with Crippen LogP contribution in [0.25, 0.3) is 0 Å². The third kappa shape index (κ3) is 8.70. The van der Waals surface area contributed by atoms with Gasteiger partial charge in [-0.15, -0.1) is 0 Å². The first-order valence-electron chi connectivity index (χ1n) is 11.6. The maximum Gasteiger partial charge on any atom is 0.193 e. The van der Waals surface area contributed by atoms with Crippen molar-refractivity contribution in [2.45, 2.75) is 77.2 Å². The molecule has 0 spiro atoms. The van der Waals surface area contributed by atoms with E-state index < -0.39 is 14.4 Å². The molecule has 5 nitrogen and oxygen atoms in total. The van der Waals surface area contributed by atoms with E-state index in [4.69, 9.17) is 18.6 Å². The lowest BCUT2D eigenvalue weighted by Crippen LogP contribution is -2.46. The van der Waals surface area contributed by atoms with Crippen molar-refractivity contribution in [2.24, 2.45) is 0 Å². The Hall–Kier alpha value is -1.99. The highest BCUT2D eigenvalue weighted by atomic mass is 28.4. The predicted octanol–water partition coefficient (Wildman–Crippen LogP) is 6.02. The largest absolute Gasteiger partial charge is 0.497 e. The Morgan fingerprint density at radius 3 is 2.42 bits per heavy atom. The zero-order chi connectivity index (χ0) is 24.5. The minimum absolute atomic E-state index is 0.0119. The molecule has 0 unspecified atom stereocenters. The van der Waals surface area contributed by atoms with Crippen LogP contribution in [0.4, 0.5) is 0 Å². The van der Waals surface area contributed by atoms with Crippen molar-refractivity contribution in [3.8, 4) is 5.75 Å². The first-order valence-corrected chi connectivity index (χ1v) is 14.5. The standard InChI is InChI=1S/C27H40O5Si/c1-21-16-18-30-24(19-21)14-15-26(32-33(6,7)27(2,3)4)25(9-8-17-28)31-20-22-10-12-23(29-5)13-11-22/h8-17,24-26H,18-20H2,1-7H3/b9-8+,15-14+/t24-,25+,26+/m1/s1. The fraction of sp³-hybridized carbons (Fsp3) is 0.519. The quantitative estimate of drug-likeness (QED) is 0.171. The highest BCUT2D eigenvalue weighted by Crippen LogP contribution is 2.38. The second-order valence-electron chi connectivity index (χ2n) is 10.00. The van der Waals surface area contributed by atoms with E-state index in [-0.39, 0.29) is 17.2 Å². The summed E-state index contributed by atoms with van der Waals surface area (Å²) in [7, 11) is -0.466. The van der Waals surface area contributed by atoms with Crippen LogP contribution in [-0.2, 0) is 25.3 Å². The van der Waals surface area contributed by atoms with Gasteiger partial charge in [-0.2, -0.15) is 0 Å². The Balaban J connectivity index is 2.26. The molecule has 0 amide bonds. The maximum absolute atomic E-state index is 11.1. The fourth-order valence-corrected chi connectivity index (χ4v) is 4.44. The Morgan fingerprint density at radius 1 is 1.15 bits per heavy atom. The second-order valence-corrected chi connectivity index (χ2v) is 14.8. The summed E-state index contributed by atoms with van der Waals surface area (Å²) in [4.78, 5) is 11.1. The van der Waals surface area contributed by atoms with Gasteiger partial charge in [0.2, 0.25) is 0 Å². The van der Waals surface area contributed by atoms with Crippen LogP contribution in [0.1, 0.15) is 39.7 Å². The zero-order valence-corrected chi connectivity index (χ0v) is 22.2. The Labute approximate surface area is 200 Å². The molecule has 0 aliphatic carbocycles. The zero-order valence-electron chi connectivity index (χ0n) is 21.2. The van der Waals surface area contributed by atoms with Crippen molar-refractivity contribution in [3.05, 3.63) is 65.8 Å². The molecule has 0 saturated carbocycles. The second kappa shape index (κ2) is 12.5. The van der Waals surface area contributed by atoms with Crippen LogP contribution < -0.4 is 4.74 Å². The van der Waals surface area contributed by atoms with Gasteiger partial charge in [-0.1, -0.05) is 56.7 Å². The monoisotopic (exact) mass is 472 g/mol. The van der Waals surface area contributed by atoms with Crippen molar-refractivity contribution in [1.29, 1.82) is 0 Å². The van der Waals surface area contributed by atoms with Gasteiger partial charge in [0.05, 0.1) is 32.5 Å². The highest BCUT2D eigenvalue weighted by molar-refractivity contribution is 6.74. The molecule has 6 heteroatoms. The van der Waals surface area contributed by atoms with E-state index in [2.05, 4.69) is 59.0 Å². The van der Waals surface area contributed by atoms with Gasteiger partial charge in [0.15, 0.2) is 8.32 Å². The van der Waals surface area contributed by atoms with Crippen LogP contribution in [0.2, 0.25) is 18.1 Å². The first-order chi connectivity index (χ1) is 15.6. The van der Waals surface area contributed by atoms with Gasteiger partial charge in [0.25, 0.3) is 0 Å². The van der Waals surface area contributed by atoms with E-state index in [9.17, 15) is 4.79 Å². The molecule has 1 aromatic carbocycles. The van der Waals surface area contributed by atoms with Crippen LogP contribution in [0.15, 0.2) is 60.2 Å². The van der Waals surface area contributed by atoms with Crippen LogP contribution in [0, 0.1) is 0 Å². The topological polar surface area (TPSA) is 54.0 Å². The van der Waals surface area contributed by atoms with E-state index >= 15 is 0 Å². The molecule has 33 heavy (non-hydrogen) atoms. The number of ether oxygens (including phenoxy) is 3. The van der Waals surface area contributed by atoms with Gasteiger partial charge in [0, 0.05) is 0 Å². The van der Waals surface area contributed by atoms with Gasteiger partial charge in [-0.05, 0) is 61.3 Å². The summed E-state index contributed by atoms with van der Waals surface area (Å²) in [5, 5.41) is 0.0364. The minimum Gasteiger partial charge on any atom is -0.497 e. The molecular weight excluding hydrogens is 432 g/mol. The van der Waals surface area contributed by atoms with E-state index in [1.165, 1.54) is 11.6 Å². The average Bonchev–Trinajstić information content (AvgIpc) is 2.76. The molecule has 1 aromatic rings. The van der Waals surface area contributed by atoms with Crippen molar-refractivity contribution in [1.82, 2.24) is 0 Å². The normalized spacial score (nSPS) is 19.5. The van der Waals surface area contributed by atoms with E-state index in [0.717, 1.165) is 24.0 Å². The number of carbonyl (C=O) groups is 1. The van der Waals surface area contributed by atoms with E-state index in [0.29, 0.717) is 13.2 Å². The summed E-state index contributed by atoms with van der Waals surface area (Å²) in [6.45, 7) is 14.2. The molecule has 1 aliphatic rings. The first kappa shape index (κ1) is 27.3. The van der Waals surface area contributed by atoms with Crippen LogP contribution in [0.3, 0.4) is 0 Å². The minimum atomic E-state index is -2.11. The van der Waals surface area contributed by atoms with Crippen molar-refractivity contribution >= 4 is 14.6 Å². The predicted molar refractivity (Wildman–Crippen MR) is 136 cm³/mol. The van der Waals surface area contributed by atoms with Crippen LogP contribution >= 0.6 is 0 Å². The summed E-state index contributed by atoms with van der Waals surface area (Å²) in [5.74, 6) is 0.801. The maximum atomic E-state index is 11.1. The van der Waals surface area contributed by atoms with E-state index in [1.54, 1.807) is 13.2 Å². The van der Waals surface area contributed by atoms with Gasteiger partial charge < -0.3 is 18.6 Å². The SMILES string of the molecule is COc1ccc(CO[C@@H](/C=C/C=O)[C@H](/C=C/[C@@H]2CC(C)=CCO2)O[Si](C)(C)C(C)(C)C)cc1. The number of methoxy groups -OCH3 is 1. The Bertz CT molecular complexity index is 833. The van der Waals surface area contributed by atoms with E-state index in [1.807, 2.05) is 24.3 Å². The van der Waals surface area contributed by atoms with Crippen molar-refractivity contribution in [3.63, 3.8) is 0 Å². The lowest BCUT2D eigenvalue weighted by atomic mass is 10.1. The molecule has 0 saturated heterocycles. The Kier molecular flexibility index (Phi) is 10.3. The highest BCUT2D eigenvalue weighted by Gasteiger charge is 2.40. The van der Waals surface area contributed by atoms with Crippen molar-refractivity contribution in [2.75, 3.05) is 13.7 Å². The number of allylic oxidation sites excluding steroid dienone is 1. The molecule has 0 radical (unpaired) electrons. The van der Waals surface area contributed by atoms with Gasteiger partial charge >= 0.3 is 0 Å². The molecule has 1 heterocycles. The molecule has 0 aromatic heterocycles. The summed E-state index contributed by atoms with van der Waals surface area (Å²) < 4.78 is 24.2. The molecule has 1 aliphatic heterocycles. The van der Waals surface area contributed by atoms with Crippen LogP contribution in [-0.4, -0.2) is 46.6 Å². The number of benzene rings is 1. The van der Waals surface area contributed by atoms with Crippen molar-refractivity contribution < 1.29 is 23.4 Å². The van der Waals surface area contributed by atoms with Gasteiger partial charge in [-0.25, -0.2) is 0 Å². The molecule has 182 valence electrons. The molecule has 3 atom stereocenters. The smallest absolute Gasteiger partial charge is 0.193 e. The molecular formula is C27H40O5Si. The number of hydrogen-bond donors (Lipinski definition) is 0. The molecule has 0 bridgehead atoms.